The van der Waals surface area contributed by atoms with Crippen molar-refractivity contribution in [2.24, 2.45) is 0 Å². The summed E-state index contributed by atoms with van der Waals surface area (Å²) in [6.07, 6.45) is 1.58. The third-order valence-corrected chi connectivity index (χ3v) is 7.33. The Morgan fingerprint density at radius 1 is 0.842 bits per heavy atom. The van der Waals surface area contributed by atoms with Crippen LogP contribution in [0.1, 0.15) is 35.7 Å². The monoisotopic (exact) mass is 511 g/mol. The zero-order valence-corrected chi connectivity index (χ0v) is 22.0. The zero-order chi connectivity index (χ0) is 26.6. The van der Waals surface area contributed by atoms with Crippen molar-refractivity contribution in [1.29, 1.82) is 0 Å². The molecule has 0 bridgehead atoms. The summed E-state index contributed by atoms with van der Waals surface area (Å²) < 4.78 is 8.22. The van der Waals surface area contributed by atoms with Gasteiger partial charge >= 0.3 is 11.7 Å². The molecule has 3 aromatic carbocycles. The number of hydrogen-bond acceptors (Lipinski definition) is 6. The van der Waals surface area contributed by atoms with Crippen molar-refractivity contribution in [3.8, 4) is 5.69 Å². The Balaban J connectivity index is 1.27. The molecule has 0 amide bonds. The van der Waals surface area contributed by atoms with Gasteiger partial charge in [0.2, 0.25) is 0 Å². The van der Waals surface area contributed by atoms with Crippen molar-refractivity contribution in [2.75, 3.05) is 38.2 Å². The smallest absolute Gasteiger partial charge is 0.350 e. The highest BCUT2D eigenvalue weighted by atomic mass is 16.5. The minimum Gasteiger partial charge on any atom is -0.468 e. The van der Waals surface area contributed by atoms with E-state index < -0.39 is 6.04 Å². The molecule has 196 valence electrons. The summed E-state index contributed by atoms with van der Waals surface area (Å²) in [6, 6.07) is 25.4. The number of carbonyl (C=O) groups is 1. The first-order valence-corrected chi connectivity index (χ1v) is 12.9. The molecular formula is C30H33N5O3. The number of rotatable bonds is 7. The lowest BCUT2D eigenvalue weighted by Gasteiger charge is -2.39. The van der Waals surface area contributed by atoms with Gasteiger partial charge in [0, 0.05) is 31.9 Å². The molecule has 0 saturated carbocycles. The third-order valence-electron chi connectivity index (χ3n) is 7.33. The normalized spacial score (nSPS) is 15.7. The lowest BCUT2D eigenvalue weighted by molar-refractivity contribution is -0.147. The number of ether oxygens (including phenoxy) is 1. The molecule has 0 N–H and O–H groups in total. The molecule has 1 saturated heterocycles. The van der Waals surface area contributed by atoms with Gasteiger partial charge < -0.3 is 9.64 Å². The summed E-state index contributed by atoms with van der Waals surface area (Å²) in [4.78, 5) is 30.2. The van der Waals surface area contributed by atoms with Crippen LogP contribution in [0.15, 0.2) is 90.0 Å². The van der Waals surface area contributed by atoms with Gasteiger partial charge in [-0.05, 0) is 49.2 Å². The lowest BCUT2D eigenvalue weighted by Crippen LogP contribution is -2.49. The molecule has 8 nitrogen and oxygen atoms in total. The first-order valence-electron chi connectivity index (χ1n) is 12.9. The predicted molar refractivity (Wildman–Crippen MR) is 148 cm³/mol. The van der Waals surface area contributed by atoms with Gasteiger partial charge in [0.25, 0.3) is 0 Å². The lowest BCUT2D eigenvalue weighted by atomic mass is 10.0. The SMILES string of the molecule is COC(=O)C(c1ccc(C)cc1)N1CCN(c2ccc(-n3cnn(C(C)c4ccccc4)c3=O)cc2)CC1. The van der Waals surface area contributed by atoms with Crippen LogP contribution in [0.25, 0.3) is 5.69 Å². The van der Waals surface area contributed by atoms with Crippen molar-refractivity contribution in [3.63, 3.8) is 0 Å². The first-order chi connectivity index (χ1) is 18.5. The Labute approximate surface area is 222 Å². The minimum absolute atomic E-state index is 0.158. The second-order valence-corrected chi connectivity index (χ2v) is 9.69. The molecule has 0 aliphatic carbocycles. The molecule has 0 radical (unpaired) electrons. The summed E-state index contributed by atoms with van der Waals surface area (Å²) in [5, 5.41) is 4.37. The van der Waals surface area contributed by atoms with Crippen LogP contribution in [0.4, 0.5) is 5.69 Å². The number of benzene rings is 3. The molecule has 1 fully saturated rings. The van der Waals surface area contributed by atoms with E-state index in [4.69, 9.17) is 4.74 Å². The molecule has 2 unspecified atom stereocenters. The summed E-state index contributed by atoms with van der Waals surface area (Å²) in [7, 11) is 1.44. The van der Waals surface area contributed by atoms with Crippen LogP contribution in [0.3, 0.4) is 0 Å². The van der Waals surface area contributed by atoms with Crippen LogP contribution in [0.5, 0.6) is 0 Å². The van der Waals surface area contributed by atoms with Crippen LogP contribution < -0.4 is 10.6 Å². The maximum absolute atomic E-state index is 13.1. The molecule has 1 aliphatic heterocycles. The maximum Gasteiger partial charge on any atom is 0.350 e. The topological polar surface area (TPSA) is 72.6 Å². The molecule has 1 aliphatic rings. The van der Waals surface area contributed by atoms with Gasteiger partial charge in [-0.3, -0.25) is 4.90 Å². The van der Waals surface area contributed by atoms with Crippen LogP contribution in [-0.4, -0.2) is 58.5 Å². The number of esters is 1. The van der Waals surface area contributed by atoms with E-state index in [-0.39, 0.29) is 17.7 Å². The Morgan fingerprint density at radius 2 is 1.47 bits per heavy atom. The number of hydrogen-bond donors (Lipinski definition) is 0. The van der Waals surface area contributed by atoms with Crippen LogP contribution in [0, 0.1) is 6.92 Å². The van der Waals surface area contributed by atoms with Crippen molar-refractivity contribution < 1.29 is 9.53 Å². The highest BCUT2D eigenvalue weighted by Crippen LogP contribution is 2.26. The van der Waals surface area contributed by atoms with Crippen molar-refractivity contribution in [3.05, 3.63) is 112 Å². The largest absolute Gasteiger partial charge is 0.468 e. The Kier molecular flexibility index (Phi) is 7.42. The Morgan fingerprint density at radius 3 is 2.11 bits per heavy atom. The minimum atomic E-state index is -0.410. The maximum atomic E-state index is 13.1. The molecule has 38 heavy (non-hydrogen) atoms. The van der Waals surface area contributed by atoms with Crippen molar-refractivity contribution in [1.82, 2.24) is 19.2 Å². The molecule has 5 rings (SSSR count). The summed E-state index contributed by atoms with van der Waals surface area (Å²) in [6.45, 7) is 7.05. The zero-order valence-electron chi connectivity index (χ0n) is 22.0. The molecule has 2 atom stereocenters. The highest BCUT2D eigenvalue weighted by molar-refractivity contribution is 5.77. The second-order valence-electron chi connectivity index (χ2n) is 9.69. The summed E-state index contributed by atoms with van der Waals surface area (Å²) in [5.41, 5.74) is 4.82. The molecule has 4 aromatic rings. The number of aryl methyl sites for hydroxylation is 1. The van der Waals surface area contributed by atoms with Crippen molar-refractivity contribution >= 4 is 11.7 Å². The number of nitrogens with zero attached hydrogens (tertiary/aromatic N) is 5. The van der Waals surface area contributed by atoms with Gasteiger partial charge in [-0.2, -0.15) is 5.10 Å². The summed E-state index contributed by atoms with van der Waals surface area (Å²) >= 11 is 0. The van der Waals surface area contributed by atoms with Crippen LogP contribution in [-0.2, 0) is 9.53 Å². The quantitative estimate of drug-likeness (QED) is 0.350. The van der Waals surface area contributed by atoms with E-state index in [1.54, 1.807) is 10.9 Å². The van der Waals surface area contributed by atoms with E-state index in [1.807, 2.05) is 92.7 Å². The van der Waals surface area contributed by atoms with Gasteiger partial charge in [-0.1, -0.05) is 60.2 Å². The fourth-order valence-corrected chi connectivity index (χ4v) is 5.05. The predicted octanol–water partition coefficient (Wildman–Crippen LogP) is 3.99. The van der Waals surface area contributed by atoms with Crippen molar-refractivity contribution in [2.45, 2.75) is 25.9 Å². The Bertz CT molecular complexity index is 1420. The second kappa shape index (κ2) is 11.1. The van der Waals surface area contributed by atoms with E-state index in [0.29, 0.717) is 0 Å². The van der Waals surface area contributed by atoms with Gasteiger partial charge in [0.15, 0.2) is 0 Å². The fraction of sp³-hybridized carbons (Fsp3) is 0.300. The molecule has 0 spiro atoms. The first kappa shape index (κ1) is 25.5. The number of carbonyl (C=O) groups excluding carboxylic acids is 1. The fourth-order valence-electron chi connectivity index (χ4n) is 5.05. The molecule has 1 aromatic heterocycles. The number of anilines is 1. The van der Waals surface area contributed by atoms with Gasteiger partial charge in [-0.25, -0.2) is 18.8 Å². The molecular weight excluding hydrogens is 478 g/mol. The third kappa shape index (κ3) is 5.13. The van der Waals surface area contributed by atoms with Gasteiger partial charge in [0.05, 0.1) is 18.8 Å². The van der Waals surface area contributed by atoms with Gasteiger partial charge in [-0.15, -0.1) is 0 Å². The average Bonchev–Trinajstić information content (AvgIpc) is 3.35. The standard InChI is InChI=1S/C30H33N5O3/c1-22-9-11-25(12-10-22)28(29(36)38-3)33-19-17-32(18-20-33)26-13-15-27(16-14-26)34-21-31-35(30(34)37)23(2)24-7-5-4-6-8-24/h4-16,21,23,28H,17-20H2,1-3H3. The number of methoxy groups -OCH3 is 1. The number of aromatic nitrogens is 3. The van der Waals surface area contributed by atoms with E-state index in [0.717, 1.165) is 54.2 Å². The summed E-state index contributed by atoms with van der Waals surface area (Å²) in [5.74, 6) is -0.237. The molecule has 2 heterocycles. The molecule has 8 heteroatoms. The van der Waals surface area contributed by atoms with E-state index >= 15 is 0 Å². The average molecular weight is 512 g/mol. The highest BCUT2D eigenvalue weighted by Gasteiger charge is 2.31. The van der Waals surface area contributed by atoms with E-state index in [2.05, 4.69) is 14.9 Å². The Hall–Kier alpha value is -4.17. The van der Waals surface area contributed by atoms with E-state index in [1.165, 1.54) is 11.8 Å². The van der Waals surface area contributed by atoms with Gasteiger partial charge in [0.1, 0.15) is 12.4 Å². The van der Waals surface area contributed by atoms with E-state index in [9.17, 15) is 9.59 Å². The van der Waals surface area contributed by atoms with Crippen LogP contribution in [0.2, 0.25) is 0 Å². The number of piperazine rings is 1. The van der Waals surface area contributed by atoms with Crippen LogP contribution >= 0.6 is 0 Å².